The molecule has 0 aliphatic carbocycles. The van der Waals surface area contributed by atoms with Crippen LogP contribution in [-0.2, 0) is 6.54 Å². The van der Waals surface area contributed by atoms with E-state index in [1.807, 2.05) is 40.9 Å². The molecule has 0 radical (unpaired) electrons. The van der Waals surface area contributed by atoms with Crippen LogP contribution in [-0.4, -0.2) is 28.5 Å². The van der Waals surface area contributed by atoms with Crippen LogP contribution in [0.1, 0.15) is 24.4 Å². The van der Waals surface area contributed by atoms with Crippen LogP contribution in [0.15, 0.2) is 36.5 Å². The van der Waals surface area contributed by atoms with E-state index in [4.69, 9.17) is 14.2 Å². The molecule has 2 aromatic heterocycles. The third-order valence-corrected chi connectivity index (χ3v) is 4.06. The second-order valence-electron chi connectivity index (χ2n) is 5.62. The van der Waals surface area contributed by atoms with Crippen molar-refractivity contribution in [2.45, 2.75) is 19.5 Å². The van der Waals surface area contributed by atoms with E-state index in [1.165, 1.54) is 0 Å². The molecule has 0 saturated carbocycles. The summed E-state index contributed by atoms with van der Waals surface area (Å²) >= 11 is 0. The van der Waals surface area contributed by atoms with E-state index in [0.717, 1.165) is 17.0 Å². The van der Waals surface area contributed by atoms with E-state index in [0.29, 0.717) is 23.8 Å². The molecule has 3 aromatic rings. The zero-order chi connectivity index (χ0) is 16.5. The van der Waals surface area contributed by atoms with Gasteiger partial charge >= 0.3 is 0 Å². The van der Waals surface area contributed by atoms with Gasteiger partial charge in [-0.05, 0) is 36.8 Å². The lowest BCUT2D eigenvalue weighted by Gasteiger charge is -2.13. The van der Waals surface area contributed by atoms with Crippen molar-refractivity contribution >= 4 is 5.65 Å². The molecule has 0 fully saturated rings. The van der Waals surface area contributed by atoms with Gasteiger partial charge in [0.1, 0.15) is 0 Å². The topological polar surface area (TPSA) is 69.9 Å². The number of fused-ring (bicyclic) bond motifs is 2. The first-order valence-electron chi connectivity index (χ1n) is 7.76. The maximum atomic E-state index is 5.46. The lowest BCUT2D eigenvalue weighted by molar-refractivity contribution is 0.171. The van der Waals surface area contributed by atoms with Crippen molar-refractivity contribution in [1.82, 2.24) is 19.9 Å². The van der Waals surface area contributed by atoms with Crippen molar-refractivity contribution in [2.75, 3.05) is 13.9 Å². The van der Waals surface area contributed by atoms with Gasteiger partial charge in [0.25, 0.3) is 0 Å². The van der Waals surface area contributed by atoms with Crippen molar-refractivity contribution in [3.8, 4) is 17.2 Å². The summed E-state index contributed by atoms with van der Waals surface area (Å²) in [5.74, 6) is 2.94. The molecule has 0 bridgehead atoms. The largest absolute Gasteiger partial charge is 0.493 e. The number of hydrogen-bond donors (Lipinski definition) is 1. The summed E-state index contributed by atoms with van der Waals surface area (Å²) in [6.07, 6.45) is 1.96. The molecule has 1 aromatic carbocycles. The molecule has 0 amide bonds. The maximum absolute atomic E-state index is 5.46. The van der Waals surface area contributed by atoms with Crippen LogP contribution in [0, 0.1) is 0 Å². The van der Waals surface area contributed by atoms with Gasteiger partial charge in [-0.15, -0.1) is 10.2 Å². The average molecular weight is 326 g/mol. The minimum Gasteiger partial charge on any atom is -0.493 e. The van der Waals surface area contributed by atoms with Crippen LogP contribution in [0.4, 0.5) is 0 Å². The summed E-state index contributed by atoms with van der Waals surface area (Å²) in [7, 11) is 1.62. The van der Waals surface area contributed by atoms with E-state index in [-0.39, 0.29) is 12.8 Å². The molecule has 7 heteroatoms. The second kappa shape index (κ2) is 6.01. The van der Waals surface area contributed by atoms with Crippen LogP contribution < -0.4 is 19.5 Å². The van der Waals surface area contributed by atoms with Gasteiger partial charge in [0.15, 0.2) is 23.0 Å². The van der Waals surface area contributed by atoms with Crippen LogP contribution >= 0.6 is 0 Å². The predicted molar refractivity (Wildman–Crippen MR) is 87.4 cm³/mol. The van der Waals surface area contributed by atoms with Crippen LogP contribution in [0.2, 0.25) is 0 Å². The lowest BCUT2D eigenvalue weighted by atomic mass is 10.1. The minimum atomic E-state index is 0.0406. The summed E-state index contributed by atoms with van der Waals surface area (Å²) in [6.45, 7) is 2.94. The third kappa shape index (κ3) is 2.52. The molecule has 0 spiro atoms. The highest BCUT2D eigenvalue weighted by molar-refractivity contribution is 5.55. The Morgan fingerprint density at radius 3 is 3.08 bits per heavy atom. The number of pyridine rings is 1. The standard InChI is InChI=1S/C17H18N4O3/c1-11(17-20-19-15-5-3-4-6-21(15)17)18-9-12-7-13(22-2)16-14(8-12)23-10-24-16/h3-8,11,18H,9-10H2,1-2H3. The molecule has 1 N–H and O–H groups in total. The monoisotopic (exact) mass is 326 g/mol. The maximum Gasteiger partial charge on any atom is 0.231 e. The quantitative estimate of drug-likeness (QED) is 0.776. The number of nitrogens with zero attached hydrogens (tertiary/aromatic N) is 3. The van der Waals surface area contributed by atoms with Crippen LogP contribution in [0.3, 0.4) is 0 Å². The predicted octanol–water partition coefficient (Wildman–Crippen LogP) is 2.32. The van der Waals surface area contributed by atoms with Gasteiger partial charge in [-0.2, -0.15) is 0 Å². The summed E-state index contributed by atoms with van der Waals surface area (Å²) in [6, 6.07) is 9.81. The summed E-state index contributed by atoms with van der Waals surface area (Å²) in [5.41, 5.74) is 1.89. The van der Waals surface area contributed by atoms with Gasteiger partial charge in [-0.3, -0.25) is 4.40 Å². The normalized spacial score (nSPS) is 14.1. The Morgan fingerprint density at radius 2 is 2.21 bits per heavy atom. The Bertz CT molecular complexity index is 877. The highest BCUT2D eigenvalue weighted by atomic mass is 16.7. The Kier molecular flexibility index (Phi) is 3.70. The summed E-state index contributed by atoms with van der Waals surface area (Å²) in [5, 5.41) is 11.9. The smallest absolute Gasteiger partial charge is 0.231 e. The van der Waals surface area contributed by atoms with E-state index in [2.05, 4.69) is 22.4 Å². The molecular formula is C17H18N4O3. The zero-order valence-corrected chi connectivity index (χ0v) is 13.5. The fourth-order valence-corrected chi connectivity index (χ4v) is 2.80. The molecule has 24 heavy (non-hydrogen) atoms. The fourth-order valence-electron chi connectivity index (χ4n) is 2.80. The number of aromatic nitrogens is 3. The first-order valence-corrected chi connectivity index (χ1v) is 7.76. The van der Waals surface area contributed by atoms with Gasteiger partial charge in [0.2, 0.25) is 12.5 Å². The Hall–Kier alpha value is -2.80. The van der Waals surface area contributed by atoms with Crippen molar-refractivity contribution < 1.29 is 14.2 Å². The highest BCUT2D eigenvalue weighted by Gasteiger charge is 2.20. The number of ether oxygens (including phenoxy) is 3. The highest BCUT2D eigenvalue weighted by Crippen LogP contribution is 2.41. The SMILES string of the molecule is COc1cc(CNC(C)c2nnc3ccccn23)cc2c1OCO2. The summed E-state index contributed by atoms with van der Waals surface area (Å²) < 4.78 is 18.2. The van der Waals surface area contributed by atoms with Crippen LogP contribution in [0.25, 0.3) is 5.65 Å². The van der Waals surface area contributed by atoms with E-state index in [9.17, 15) is 0 Å². The van der Waals surface area contributed by atoms with Gasteiger partial charge in [0, 0.05) is 12.7 Å². The Balaban J connectivity index is 1.52. The molecule has 0 saturated heterocycles. The van der Waals surface area contributed by atoms with Crippen LogP contribution in [0.5, 0.6) is 17.2 Å². The number of nitrogens with one attached hydrogen (secondary N) is 1. The summed E-state index contributed by atoms with van der Waals surface area (Å²) in [4.78, 5) is 0. The van der Waals surface area contributed by atoms with E-state index < -0.39 is 0 Å². The fraction of sp³-hybridized carbons (Fsp3) is 0.294. The van der Waals surface area contributed by atoms with E-state index >= 15 is 0 Å². The van der Waals surface area contributed by atoms with Gasteiger partial charge < -0.3 is 19.5 Å². The lowest BCUT2D eigenvalue weighted by Crippen LogP contribution is -2.20. The Labute approximate surface area is 139 Å². The Morgan fingerprint density at radius 1 is 1.29 bits per heavy atom. The number of benzene rings is 1. The number of rotatable bonds is 5. The van der Waals surface area contributed by atoms with Gasteiger partial charge in [-0.1, -0.05) is 6.07 Å². The number of hydrogen-bond acceptors (Lipinski definition) is 6. The van der Waals surface area contributed by atoms with Gasteiger partial charge in [0.05, 0.1) is 13.2 Å². The molecule has 1 atom stereocenters. The molecule has 124 valence electrons. The molecule has 7 nitrogen and oxygen atoms in total. The van der Waals surface area contributed by atoms with Crippen molar-refractivity contribution in [3.05, 3.63) is 47.9 Å². The molecule has 1 aliphatic heterocycles. The molecule has 4 rings (SSSR count). The average Bonchev–Trinajstić information content (AvgIpc) is 3.25. The second-order valence-corrected chi connectivity index (χ2v) is 5.62. The van der Waals surface area contributed by atoms with Crippen molar-refractivity contribution in [3.63, 3.8) is 0 Å². The van der Waals surface area contributed by atoms with E-state index in [1.54, 1.807) is 7.11 Å². The van der Waals surface area contributed by atoms with Gasteiger partial charge in [-0.25, -0.2) is 0 Å². The molecule has 3 heterocycles. The molecule has 1 unspecified atom stereocenters. The van der Waals surface area contributed by atoms with Crippen molar-refractivity contribution in [2.24, 2.45) is 0 Å². The molecule has 1 aliphatic rings. The molecular weight excluding hydrogens is 308 g/mol. The number of methoxy groups -OCH3 is 1. The third-order valence-electron chi connectivity index (χ3n) is 4.06. The zero-order valence-electron chi connectivity index (χ0n) is 13.5. The van der Waals surface area contributed by atoms with Crippen molar-refractivity contribution in [1.29, 1.82) is 0 Å². The first-order chi connectivity index (χ1) is 11.8. The first kappa shape index (κ1) is 14.8. The minimum absolute atomic E-state index is 0.0406.